The Morgan fingerprint density at radius 3 is 2.56 bits per heavy atom. The van der Waals surface area contributed by atoms with Gasteiger partial charge >= 0.3 is 5.97 Å². The summed E-state index contributed by atoms with van der Waals surface area (Å²) in [7, 11) is 1.86. The normalized spacial score (nSPS) is 18.2. The minimum atomic E-state index is -0.676. The Bertz CT molecular complexity index is 435. The molecule has 0 spiro atoms. The summed E-state index contributed by atoms with van der Waals surface area (Å²) in [5.74, 6) is -0.676. The van der Waals surface area contributed by atoms with Crippen LogP contribution in [0.1, 0.15) is 30.7 Å². The maximum atomic E-state index is 11.3. The van der Waals surface area contributed by atoms with Gasteiger partial charge in [0.1, 0.15) is 0 Å². The van der Waals surface area contributed by atoms with E-state index in [1.165, 1.54) is 0 Å². The van der Waals surface area contributed by atoms with Gasteiger partial charge in [-0.25, -0.2) is 0 Å². The fourth-order valence-electron chi connectivity index (χ4n) is 2.26. The lowest BCUT2D eigenvalue weighted by Crippen LogP contribution is -2.40. The minimum absolute atomic E-state index is 0.553. The van der Waals surface area contributed by atoms with Gasteiger partial charge in [-0.05, 0) is 35.7 Å². The van der Waals surface area contributed by atoms with Crippen molar-refractivity contribution in [3.63, 3.8) is 0 Å². The van der Waals surface area contributed by atoms with Gasteiger partial charge in [-0.1, -0.05) is 6.42 Å². The van der Waals surface area contributed by atoms with Crippen molar-refractivity contribution in [1.29, 1.82) is 0 Å². The third kappa shape index (κ3) is 1.67. The number of carbonyl (C=O) groups is 1. The molecule has 0 radical (unpaired) electrons. The van der Waals surface area contributed by atoms with Gasteiger partial charge in [0.05, 0.1) is 21.3 Å². The number of hydrogen-bond acceptors (Lipinski definition) is 2. The van der Waals surface area contributed by atoms with Crippen LogP contribution in [0.25, 0.3) is 0 Å². The second-order valence-electron chi connectivity index (χ2n) is 4.59. The smallest absolute Gasteiger partial charge is 0.310 e. The third-order valence-corrected chi connectivity index (χ3v) is 4.56. The average molecular weight is 287 g/mol. The van der Waals surface area contributed by atoms with E-state index in [9.17, 15) is 9.90 Å². The Morgan fingerprint density at radius 2 is 2.25 bits per heavy atom. The van der Waals surface area contributed by atoms with Crippen molar-refractivity contribution in [2.75, 3.05) is 0 Å². The summed E-state index contributed by atoms with van der Waals surface area (Å²) in [6.07, 6.45) is 3.14. The van der Waals surface area contributed by atoms with Gasteiger partial charge in [0.25, 0.3) is 0 Å². The van der Waals surface area contributed by atoms with Crippen molar-refractivity contribution >= 4 is 21.9 Å². The average Bonchev–Trinajstić information content (AvgIpc) is 2.36. The molecule has 1 aliphatic carbocycles. The lowest BCUT2D eigenvalue weighted by atomic mass is 9.66. The Kier molecular flexibility index (Phi) is 2.82. The summed E-state index contributed by atoms with van der Waals surface area (Å²) in [6, 6.07) is 0. The molecule has 1 fully saturated rings. The monoisotopic (exact) mass is 286 g/mol. The Morgan fingerprint density at radius 1 is 1.62 bits per heavy atom. The lowest BCUT2D eigenvalue weighted by molar-refractivity contribution is -0.154. The second kappa shape index (κ2) is 3.87. The molecule has 88 valence electrons. The molecule has 0 aliphatic heterocycles. The number of nitrogens with zero attached hydrogens (tertiary/aromatic N) is 2. The topological polar surface area (TPSA) is 55.1 Å². The van der Waals surface area contributed by atoms with E-state index in [4.69, 9.17) is 0 Å². The Hall–Kier alpha value is -0.840. The first-order valence-corrected chi connectivity index (χ1v) is 6.17. The van der Waals surface area contributed by atoms with Gasteiger partial charge in [-0.2, -0.15) is 5.10 Å². The molecule has 4 nitrogen and oxygen atoms in total. The van der Waals surface area contributed by atoms with Crippen LogP contribution >= 0.6 is 15.9 Å². The molecular formula is C11H15BrN2O2. The first-order valence-electron chi connectivity index (χ1n) is 5.38. The minimum Gasteiger partial charge on any atom is -0.481 e. The number of halogens is 1. The van der Waals surface area contributed by atoms with Crippen LogP contribution in [0.2, 0.25) is 0 Å². The summed E-state index contributed by atoms with van der Waals surface area (Å²) < 4.78 is 2.73. The van der Waals surface area contributed by atoms with Gasteiger partial charge in [-0.3, -0.25) is 9.48 Å². The van der Waals surface area contributed by atoms with E-state index in [1.807, 2.05) is 14.0 Å². The van der Waals surface area contributed by atoms with Crippen molar-refractivity contribution in [2.24, 2.45) is 12.5 Å². The molecular weight excluding hydrogens is 272 g/mol. The molecule has 2 rings (SSSR count). The number of carboxylic acid groups (broad SMARTS) is 1. The Balaban J connectivity index is 2.29. The van der Waals surface area contributed by atoms with Crippen LogP contribution in [0.5, 0.6) is 0 Å². The molecule has 1 N–H and O–H groups in total. The summed E-state index contributed by atoms with van der Waals surface area (Å²) in [4.78, 5) is 11.3. The molecule has 0 unspecified atom stereocenters. The first-order chi connectivity index (χ1) is 7.46. The third-order valence-electron chi connectivity index (χ3n) is 3.53. The quantitative estimate of drug-likeness (QED) is 0.928. The predicted octanol–water partition coefficient (Wildman–Crippen LogP) is 2.29. The highest BCUT2D eigenvalue weighted by atomic mass is 79.9. The number of rotatable bonds is 3. The van der Waals surface area contributed by atoms with Crippen molar-refractivity contribution < 1.29 is 9.90 Å². The predicted molar refractivity (Wildman–Crippen MR) is 63.3 cm³/mol. The summed E-state index contributed by atoms with van der Waals surface area (Å²) in [5, 5.41) is 13.6. The van der Waals surface area contributed by atoms with E-state index in [2.05, 4.69) is 21.0 Å². The molecule has 1 aromatic rings. The van der Waals surface area contributed by atoms with Crippen molar-refractivity contribution in [2.45, 2.75) is 32.6 Å². The number of aryl methyl sites for hydroxylation is 2. The zero-order valence-electron chi connectivity index (χ0n) is 9.46. The zero-order valence-corrected chi connectivity index (χ0v) is 11.0. The fourth-order valence-corrected chi connectivity index (χ4v) is 2.74. The largest absolute Gasteiger partial charge is 0.481 e. The second-order valence-corrected chi connectivity index (χ2v) is 5.38. The molecule has 0 atom stereocenters. The highest BCUT2D eigenvalue weighted by Crippen LogP contribution is 2.45. The van der Waals surface area contributed by atoms with Crippen molar-refractivity contribution in [1.82, 2.24) is 9.78 Å². The molecule has 0 bridgehead atoms. The highest BCUT2D eigenvalue weighted by Gasteiger charge is 2.45. The van der Waals surface area contributed by atoms with Gasteiger partial charge < -0.3 is 5.11 Å². The van der Waals surface area contributed by atoms with E-state index in [1.54, 1.807) is 4.68 Å². The van der Waals surface area contributed by atoms with Crippen LogP contribution in [0.15, 0.2) is 4.47 Å². The summed E-state index contributed by atoms with van der Waals surface area (Å²) in [5.41, 5.74) is 1.35. The molecule has 1 aromatic heterocycles. The molecule has 1 saturated carbocycles. The van der Waals surface area contributed by atoms with E-state index in [0.29, 0.717) is 6.42 Å². The summed E-state index contributed by atoms with van der Waals surface area (Å²) >= 11 is 3.48. The molecule has 1 aliphatic rings. The van der Waals surface area contributed by atoms with Crippen LogP contribution in [-0.2, 0) is 18.3 Å². The number of aromatic nitrogens is 2. The van der Waals surface area contributed by atoms with Crippen LogP contribution in [-0.4, -0.2) is 20.9 Å². The van der Waals surface area contributed by atoms with Gasteiger partial charge in [-0.15, -0.1) is 0 Å². The molecule has 1 heterocycles. The SMILES string of the molecule is Cc1nn(C)c(CC2(C(=O)O)CCC2)c1Br. The molecule has 0 amide bonds. The summed E-state index contributed by atoms with van der Waals surface area (Å²) in [6.45, 7) is 1.92. The van der Waals surface area contributed by atoms with Gasteiger partial charge in [0, 0.05) is 13.5 Å². The molecule has 0 aromatic carbocycles. The van der Waals surface area contributed by atoms with Crippen LogP contribution in [0, 0.1) is 12.3 Å². The molecule has 5 heteroatoms. The van der Waals surface area contributed by atoms with Gasteiger partial charge in [0.2, 0.25) is 0 Å². The molecule has 16 heavy (non-hydrogen) atoms. The number of hydrogen-bond donors (Lipinski definition) is 1. The van der Waals surface area contributed by atoms with Crippen molar-refractivity contribution in [3.8, 4) is 0 Å². The standard InChI is InChI=1S/C11H15BrN2O2/c1-7-9(12)8(14(2)13-7)6-11(10(15)16)4-3-5-11/h3-6H2,1-2H3,(H,15,16). The van der Waals surface area contributed by atoms with E-state index >= 15 is 0 Å². The fraction of sp³-hybridized carbons (Fsp3) is 0.636. The van der Waals surface area contributed by atoms with Crippen LogP contribution in [0.3, 0.4) is 0 Å². The molecule has 0 saturated heterocycles. The number of carboxylic acids is 1. The first kappa shape index (κ1) is 11.6. The number of aliphatic carboxylic acids is 1. The highest BCUT2D eigenvalue weighted by molar-refractivity contribution is 9.10. The lowest BCUT2D eigenvalue weighted by Gasteiger charge is -2.37. The van der Waals surface area contributed by atoms with Crippen LogP contribution < -0.4 is 0 Å². The van der Waals surface area contributed by atoms with Crippen molar-refractivity contribution in [3.05, 3.63) is 15.9 Å². The zero-order chi connectivity index (χ0) is 11.9. The maximum absolute atomic E-state index is 11.3. The van der Waals surface area contributed by atoms with E-state index in [-0.39, 0.29) is 0 Å². The maximum Gasteiger partial charge on any atom is 0.310 e. The van der Waals surface area contributed by atoms with Gasteiger partial charge in [0.15, 0.2) is 0 Å². The van der Waals surface area contributed by atoms with Crippen LogP contribution in [0.4, 0.5) is 0 Å². The Labute approximate surface area is 103 Å². The van der Waals surface area contributed by atoms with E-state index in [0.717, 1.165) is 35.1 Å². The van der Waals surface area contributed by atoms with E-state index < -0.39 is 11.4 Å².